The Morgan fingerprint density at radius 1 is 1.32 bits per heavy atom. The van der Waals surface area contributed by atoms with Crippen LogP contribution in [-0.4, -0.2) is 39.9 Å². The first kappa shape index (κ1) is 24.1. The predicted octanol–water partition coefficient (Wildman–Crippen LogP) is 4.00. The maximum absolute atomic E-state index is 12.1. The molecule has 166 valence electrons. The van der Waals surface area contributed by atoms with Gasteiger partial charge in [0.05, 0.1) is 16.8 Å². The average molecular weight is 446 g/mol. The van der Waals surface area contributed by atoms with Gasteiger partial charge in [0.1, 0.15) is 11.9 Å². The predicted molar refractivity (Wildman–Crippen MR) is 123 cm³/mol. The second kappa shape index (κ2) is 10.2. The number of carbonyl (C=O) groups is 1. The van der Waals surface area contributed by atoms with Crippen molar-refractivity contribution >= 4 is 29.9 Å². The Bertz CT molecular complexity index is 1000. The number of benzene rings is 1. The molecule has 1 aromatic heterocycles. The van der Waals surface area contributed by atoms with E-state index in [1.807, 2.05) is 46.8 Å². The van der Waals surface area contributed by atoms with Crippen molar-refractivity contribution in [3.8, 4) is 11.4 Å². The van der Waals surface area contributed by atoms with Gasteiger partial charge in [-0.05, 0) is 51.8 Å². The quantitative estimate of drug-likeness (QED) is 0.573. The van der Waals surface area contributed by atoms with E-state index in [2.05, 4.69) is 30.6 Å². The van der Waals surface area contributed by atoms with Crippen molar-refractivity contribution in [1.29, 1.82) is 0 Å². The molecule has 0 fully saturated rings. The number of amides is 1. The molecule has 2 rings (SSSR count). The Balaban J connectivity index is 2.28. The van der Waals surface area contributed by atoms with Crippen LogP contribution in [0.2, 0.25) is 5.02 Å². The highest BCUT2D eigenvalue weighted by Crippen LogP contribution is 2.33. The third kappa shape index (κ3) is 6.65. The Morgan fingerprint density at radius 2 is 2.03 bits per heavy atom. The highest BCUT2D eigenvalue weighted by Gasteiger charge is 2.21. The average Bonchev–Trinajstić information content (AvgIpc) is 2.68. The minimum absolute atomic E-state index is 0.303. The van der Waals surface area contributed by atoms with Gasteiger partial charge in [0, 0.05) is 25.0 Å². The maximum atomic E-state index is 12.1. The molecule has 0 aliphatic rings. The Hall–Kier alpha value is -3.20. The number of carbonyl (C=O) groups excluding carboxylic acids is 1. The number of nitrogens with two attached hydrogens (primary N) is 1. The van der Waals surface area contributed by atoms with E-state index >= 15 is 0 Å². The molecule has 0 aliphatic heterocycles. The van der Waals surface area contributed by atoms with Crippen molar-refractivity contribution < 1.29 is 9.53 Å². The molecule has 9 nitrogen and oxygen atoms in total. The van der Waals surface area contributed by atoms with Gasteiger partial charge in [0.15, 0.2) is 5.82 Å². The number of alkyl carbamates (subject to hydrolysis) is 1. The van der Waals surface area contributed by atoms with Gasteiger partial charge in [-0.3, -0.25) is 4.99 Å². The lowest BCUT2D eigenvalue weighted by Gasteiger charge is -2.23. The summed E-state index contributed by atoms with van der Waals surface area (Å²) in [4.78, 5) is 28.8. The van der Waals surface area contributed by atoms with Crippen molar-refractivity contribution in [2.45, 2.75) is 46.3 Å². The Morgan fingerprint density at radius 3 is 2.65 bits per heavy atom. The number of allylic oxidation sites excluding steroid dienone is 1. The molecule has 1 aromatic carbocycles. The third-order valence-corrected chi connectivity index (χ3v) is 4.63. The zero-order valence-electron chi connectivity index (χ0n) is 18.5. The minimum Gasteiger partial charge on any atom is -0.444 e. The van der Waals surface area contributed by atoms with Crippen molar-refractivity contribution in [2.24, 2.45) is 10.7 Å². The third-order valence-electron chi connectivity index (χ3n) is 4.14. The topological polar surface area (TPSA) is 127 Å². The van der Waals surface area contributed by atoms with Gasteiger partial charge in [0.2, 0.25) is 5.95 Å². The lowest BCUT2D eigenvalue weighted by Crippen LogP contribution is -2.34. The molecule has 1 heterocycles. The number of rotatable bonds is 6. The van der Waals surface area contributed by atoms with Gasteiger partial charge in [-0.25, -0.2) is 14.8 Å². The van der Waals surface area contributed by atoms with Gasteiger partial charge in [-0.15, -0.1) is 0 Å². The Kier molecular flexibility index (Phi) is 7.93. The largest absolute Gasteiger partial charge is 0.444 e. The lowest BCUT2D eigenvalue weighted by atomic mass is 9.99. The number of nitrogens with one attached hydrogen (secondary N) is 2. The minimum atomic E-state index is -0.577. The van der Waals surface area contributed by atoms with E-state index in [1.54, 1.807) is 13.3 Å². The van der Waals surface area contributed by atoms with Crippen LogP contribution in [-0.2, 0) is 4.74 Å². The highest BCUT2D eigenvalue weighted by molar-refractivity contribution is 6.34. The van der Waals surface area contributed by atoms with Crippen molar-refractivity contribution in [3.05, 3.63) is 46.5 Å². The molecular formula is C21H28ClN7O2. The molecule has 0 aliphatic carbocycles. The molecule has 31 heavy (non-hydrogen) atoms. The molecule has 0 spiro atoms. The zero-order chi connectivity index (χ0) is 23.2. The number of hydrogen-bond donors (Lipinski definition) is 3. The molecular weight excluding hydrogens is 418 g/mol. The first-order valence-corrected chi connectivity index (χ1v) is 10.0. The van der Waals surface area contributed by atoms with E-state index in [9.17, 15) is 4.79 Å². The van der Waals surface area contributed by atoms with E-state index < -0.39 is 11.7 Å². The summed E-state index contributed by atoms with van der Waals surface area (Å²) in [6, 6.07) is 3.39. The fourth-order valence-corrected chi connectivity index (χ4v) is 3.03. The smallest absolute Gasteiger partial charge is 0.408 e. The standard InChI is InChI=1S/C21H28ClN7O2/c1-12-15(13(2)27-20(30)31-21(3,4)5)7-8-16(17(12)22)18-25-11-26-19(29-18)28-14(9-23)10-24-6/h7-11,13H,23H2,1-6H3,(H,27,30)(H,25,26,28,29). The van der Waals surface area contributed by atoms with E-state index in [0.717, 1.165) is 11.1 Å². The molecule has 0 saturated heterocycles. The fourth-order valence-electron chi connectivity index (χ4n) is 2.78. The zero-order valence-corrected chi connectivity index (χ0v) is 19.3. The molecule has 0 radical (unpaired) electrons. The van der Waals surface area contributed by atoms with Crippen molar-refractivity contribution in [1.82, 2.24) is 20.3 Å². The summed E-state index contributed by atoms with van der Waals surface area (Å²) in [6.07, 6.45) is 3.80. The van der Waals surface area contributed by atoms with Gasteiger partial charge >= 0.3 is 6.09 Å². The van der Waals surface area contributed by atoms with Crippen LogP contribution < -0.4 is 16.4 Å². The van der Waals surface area contributed by atoms with E-state index in [0.29, 0.717) is 28.1 Å². The SMILES string of the molecule is CN=CC(=CN)Nc1ncnc(-c2ccc(C(C)NC(=O)OC(C)(C)C)c(C)c2Cl)n1. The molecule has 1 amide bonds. The van der Waals surface area contributed by atoms with Crippen molar-refractivity contribution in [3.63, 3.8) is 0 Å². The van der Waals surface area contributed by atoms with Crippen LogP contribution in [0.1, 0.15) is 44.9 Å². The first-order chi connectivity index (χ1) is 14.6. The summed E-state index contributed by atoms with van der Waals surface area (Å²) in [7, 11) is 1.63. The lowest BCUT2D eigenvalue weighted by molar-refractivity contribution is 0.0508. The number of hydrogen-bond acceptors (Lipinski definition) is 8. The molecule has 0 bridgehead atoms. The number of aromatic nitrogens is 3. The summed E-state index contributed by atoms with van der Waals surface area (Å²) in [5.41, 5.74) is 7.83. The number of ether oxygens (including phenoxy) is 1. The molecule has 10 heteroatoms. The number of nitrogens with zero attached hydrogens (tertiary/aromatic N) is 4. The van der Waals surface area contributed by atoms with Gasteiger partial charge in [-0.1, -0.05) is 17.7 Å². The molecule has 1 atom stereocenters. The number of halogens is 1. The maximum Gasteiger partial charge on any atom is 0.408 e. The number of aliphatic imine (C=N–C) groups is 1. The fraction of sp³-hybridized carbons (Fsp3) is 0.381. The van der Waals surface area contributed by atoms with Gasteiger partial charge in [0.25, 0.3) is 0 Å². The van der Waals surface area contributed by atoms with Crippen LogP contribution in [0.15, 0.2) is 35.3 Å². The van der Waals surface area contributed by atoms with Crippen LogP contribution in [0, 0.1) is 6.92 Å². The van der Waals surface area contributed by atoms with E-state index in [1.165, 1.54) is 12.5 Å². The molecule has 2 aromatic rings. The van der Waals surface area contributed by atoms with Crippen molar-refractivity contribution in [2.75, 3.05) is 12.4 Å². The monoisotopic (exact) mass is 445 g/mol. The van der Waals surface area contributed by atoms with Gasteiger partial charge < -0.3 is 21.1 Å². The van der Waals surface area contributed by atoms with E-state index in [4.69, 9.17) is 22.1 Å². The summed E-state index contributed by atoms with van der Waals surface area (Å²) in [5, 5.41) is 6.27. The van der Waals surface area contributed by atoms with E-state index in [-0.39, 0.29) is 6.04 Å². The Labute approximate surface area is 187 Å². The first-order valence-electron chi connectivity index (χ1n) is 9.64. The second-order valence-corrected chi connectivity index (χ2v) is 8.15. The molecule has 4 N–H and O–H groups in total. The number of anilines is 1. The highest BCUT2D eigenvalue weighted by atomic mass is 35.5. The summed E-state index contributed by atoms with van der Waals surface area (Å²) in [5.74, 6) is 0.703. The van der Waals surface area contributed by atoms with Crippen LogP contribution in [0.25, 0.3) is 11.4 Å². The molecule has 1 unspecified atom stereocenters. The van der Waals surface area contributed by atoms with Crippen LogP contribution in [0.4, 0.5) is 10.7 Å². The van der Waals surface area contributed by atoms with Crippen LogP contribution in [0.3, 0.4) is 0 Å². The van der Waals surface area contributed by atoms with Gasteiger partial charge in [-0.2, -0.15) is 4.98 Å². The summed E-state index contributed by atoms with van der Waals surface area (Å²) < 4.78 is 5.32. The van der Waals surface area contributed by atoms with Crippen LogP contribution in [0.5, 0.6) is 0 Å². The summed E-state index contributed by atoms with van der Waals surface area (Å²) in [6.45, 7) is 9.18. The van der Waals surface area contributed by atoms with Crippen LogP contribution >= 0.6 is 11.6 Å². The summed E-state index contributed by atoms with van der Waals surface area (Å²) >= 11 is 6.64. The molecule has 0 saturated carbocycles. The second-order valence-electron chi connectivity index (χ2n) is 7.78. The normalized spacial score (nSPS) is 13.2.